The van der Waals surface area contributed by atoms with Crippen LogP contribution in [0.3, 0.4) is 0 Å². The van der Waals surface area contributed by atoms with E-state index in [1.165, 1.54) is 25.7 Å². The molecule has 0 aliphatic heterocycles. The molecule has 0 saturated heterocycles. The van der Waals surface area contributed by atoms with Gasteiger partial charge in [-0.2, -0.15) is 0 Å². The average molecular weight is 270 g/mol. The Hall–Kier alpha value is -0.640. The van der Waals surface area contributed by atoms with E-state index < -0.39 is 0 Å². The second-order valence-electron chi connectivity index (χ2n) is 4.28. The summed E-state index contributed by atoms with van der Waals surface area (Å²) in [5.41, 5.74) is 0.518. The fourth-order valence-corrected chi connectivity index (χ4v) is 2.41. The van der Waals surface area contributed by atoms with Crippen molar-refractivity contribution in [2.75, 3.05) is 11.9 Å². The van der Waals surface area contributed by atoms with E-state index in [1.54, 1.807) is 12.5 Å². The monoisotopic (exact) mass is 269 g/mol. The number of anilines is 1. The summed E-state index contributed by atoms with van der Waals surface area (Å²) in [5, 5.41) is 3.41. The molecular weight excluding hydrogens is 254 g/mol. The Morgan fingerprint density at radius 2 is 2.33 bits per heavy atom. The minimum Gasteiger partial charge on any atom is -0.368 e. The molecule has 1 aromatic rings. The van der Waals surface area contributed by atoms with Gasteiger partial charge >= 0.3 is 0 Å². The van der Waals surface area contributed by atoms with Crippen LogP contribution in [-0.4, -0.2) is 16.5 Å². The molecule has 82 valence electrons. The van der Waals surface area contributed by atoms with Gasteiger partial charge in [-0.05, 0) is 40.6 Å². The van der Waals surface area contributed by atoms with Crippen LogP contribution in [-0.2, 0) is 0 Å². The van der Waals surface area contributed by atoms with E-state index in [0.717, 1.165) is 16.8 Å². The van der Waals surface area contributed by atoms with E-state index in [4.69, 9.17) is 0 Å². The summed E-state index contributed by atoms with van der Waals surface area (Å²) in [6, 6.07) is 0. The molecule has 1 aliphatic carbocycles. The zero-order valence-corrected chi connectivity index (χ0v) is 10.5. The van der Waals surface area contributed by atoms with Crippen LogP contribution in [0.5, 0.6) is 0 Å². The minimum absolute atomic E-state index is 0.518. The second kappa shape index (κ2) is 4.47. The molecule has 1 aliphatic rings. The highest BCUT2D eigenvalue weighted by Crippen LogP contribution is 2.43. The largest absolute Gasteiger partial charge is 0.368 e. The fourth-order valence-electron chi connectivity index (χ4n) is 2.05. The van der Waals surface area contributed by atoms with E-state index in [2.05, 4.69) is 38.1 Å². The molecule has 1 aromatic heterocycles. The van der Waals surface area contributed by atoms with E-state index in [9.17, 15) is 0 Å². The van der Waals surface area contributed by atoms with Gasteiger partial charge in [-0.3, -0.25) is 0 Å². The van der Waals surface area contributed by atoms with Crippen LogP contribution in [0.1, 0.15) is 32.6 Å². The van der Waals surface area contributed by atoms with Crippen molar-refractivity contribution in [1.29, 1.82) is 0 Å². The molecular formula is C11H16BrN3. The number of nitrogens with zero attached hydrogens (tertiary/aromatic N) is 2. The van der Waals surface area contributed by atoms with Gasteiger partial charge in [-0.25, -0.2) is 9.97 Å². The van der Waals surface area contributed by atoms with Crippen molar-refractivity contribution in [3.63, 3.8) is 0 Å². The van der Waals surface area contributed by atoms with Crippen LogP contribution < -0.4 is 5.32 Å². The van der Waals surface area contributed by atoms with Gasteiger partial charge in [0.05, 0.1) is 4.47 Å². The van der Waals surface area contributed by atoms with Gasteiger partial charge in [0, 0.05) is 12.7 Å². The Morgan fingerprint density at radius 3 is 2.87 bits per heavy atom. The average Bonchev–Trinajstić information content (AvgIpc) is 2.19. The van der Waals surface area contributed by atoms with E-state index in [-0.39, 0.29) is 0 Å². The van der Waals surface area contributed by atoms with Crippen LogP contribution in [0.4, 0.5) is 5.82 Å². The van der Waals surface area contributed by atoms with Crippen molar-refractivity contribution < 1.29 is 0 Å². The standard InChI is InChI=1S/C11H16BrN3/c1-2-11(4-3-5-11)7-14-10-9(12)6-13-8-15-10/h6,8H,2-5,7H2,1H3,(H,13,14,15). The lowest BCUT2D eigenvalue weighted by molar-refractivity contribution is 0.145. The molecule has 1 heterocycles. The van der Waals surface area contributed by atoms with Crippen molar-refractivity contribution in [3.8, 4) is 0 Å². The molecule has 0 amide bonds. The van der Waals surface area contributed by atoms with Gasteiger partial charge in [-0.1, -0.05) is 13.3 Å². The quantitative estimate of drug-likeness (QED) is 0.912. The first-order valence-electron chi connectivity index (χ1n) is 5.45. The molecule has 15 heavy (non-hydrogen) atoms. The topological polar surface area (TPSA) is 37.8 Å². The third-order valence-corrected chi connectivity index (χ3v) is 4.04. The number of aromatic nitrogens is 2. The summed E-state index contributed by atoms with van der Waals surface area (Å²) in [7, 11) is 0. The number of rotatable bonds is 4. The van der Waals surface area contributed by atoms with Gasteiger partial charge in [0.15, 0.2) is 0 Å². The predicted molar refractivity (Wildman–Crippen MR) is 64.8 cm³/mol. The molecule has 4 heteroatoms. The van der Waals surface area contributed by atoms with Crippen LogP contribution in [0, 0.1) is 5.41 Å². The van der Waals surface area contributed by atoms with Crippen molar-refractivity contribution in [3.05, 3.63) is 17.0 Å². The highest BCUT2D eigenvalue weighted by atomic mass is 79.9. The highest BCUT2D eigenvalue weighted by molar-refractivity contribution is 9.10. The molecule has 0 spiro atoms. The molecule has 0 atom stereocenters. The molecule has 0 aromatic carbocycles. The minimum atomic E-state index is 0.518. The zero-order chi connectivity index (χ0) is 10.7. The van der Waals surface area contributed by atoms with Gasteiger partial charge in [-0.15, -0.1) is 0 Å². The number of nitrogens with one attached hydrogen (secondary N) is 1. The summed E-state index contributed by atoms with van der Waals surface area (Å²) in [4.78, 5) is 8.15. The van der Waals surface area contributed by atoms with Crippen LogP contribution in [0.15, 0.2) is 17.0 Å². The van der Waals surface area contributed by atoms with Crippen molar-refractivity contribution in [1.82, 2.24) is 9.97 Å². The van der Waals surface area contributed by atoms with Crippen molar-refractivity contribution >= 4 is 21.7 Å². The molecule has 1 saturated carbocycles. The van der Waals surface area contributed by atoms with E-state index >= 15 is 0 Å². The van der Waals surface area contributed by atoms with Crippen molar-refractivity contribution in [2.45, 2.75) is 32.6 Å². The summed E-state index contributed by atoms with van der Waals surface area (Å²) < 4.78 is 0.940. The fraction of sp³-hybridized carbons (Fsp3) is 0.636. The first kappa shape index (κ1) is 10.9. The zero-order valence-electron chi connectivity index (χ0n) is 8.96. The summed E-state index contributed by atoms with van der Waals surface area (Å²) in [5.74, 6) is 0.907. The normalized spacial score (nSPS) is 18.3. The maximum atomic E-state index is 4.20. The highest BCUT2D eigenvalue weighted by Gasteiger charge is 2.34. The number of hydrogen-bond donors (Lipinski definition) is 1. The molecule has 0 radical (unpaired) electrons. The molecule has 1 fully saturated rings. The van der Waals surface area contributed by atoms with Gasteiger partial charge < -0.3 is 5.32 Å². The van der Waals surface area contributed by atoms with Crippen LogP contribution >= 0.6 is 15.9 Å². The number of hydrogen-bond acceptors (Lipinski definition) is 3. The first-order chi connectivity index (χ1) is 7.26. The predicted octanol–water partition coefficient (Wildman–Crippen LogP) is 3.23. The maximum Gasteiger partial charge on any atom is 0.143 e. The lowest BCUT2D eigenvalue weighted by Gasteiger charge is -2.41. The Labute approximate surface area is 98.8 Å². The van der Waals surface area contributed by atoms with Gasteiger partial charge in [0.1, 0.15) is 12.1 Å². The van der Waals surface area contributed by atoms with Crippen LogP contribution in [0.25, 0.3) is 0 Å². The smallest absolute Gasteiger partial charge is 0.143 e. The maximum absolute atomic E-state index is 4.20. The third kappa shape index (κ3) is 2.30. The Balaban J connectivity index is 1.95. The Kier molecular flexibility index (Phi) is 3.24. The Morgan fingerprint density at radius 1 is 1.53 bits per heavy atom. The number of halogens is 1. The SMILES string of the molecule is CCC1(CNc2ncncc2Br)CCC1. The van der Waals surface area contributed by atoms with Gasteiger partial charge in [0.2, 0.25) is 0 Å². The third-order valence-electron chi connectivity index (χ3n) is 3.46. The molecule has 3 nitrogen and oxygen atoms in total. The van der Waals surface area contributed by atoms with Crippen molar-refractivity contribution in [2.24, 2.45) is 5.41 Å². The summed E-state index contributed by atoms with van der Waals surface area (Å²) in [6.07, 6.45) is 8.67. The lowest BCUT2D eigenvalue weighted by Crippen LogP contribution is -2.36. The van der Waals surface area contributed by atoms with E-state index in [1.807, 2.05) is 0 Å². The second-order valence-corrected chi connectivity index (χ2v) is 5.13. The van der Waals surface area contributed by atoms with Gasteiger partial charge in [0.25, 0.3) is 0 Å². The molecule has 0 unspecified atom stereocenters. The Bertz CT molecular complexity index is 331. The van der Waals surface area contributed by atoms with E-state index in [0.29, 0.717) is 5.41 Å². The lowest BCUT2D eigenvalue weighted by atomic mass is 9.67. The summed E-state index contributed by atoms with van der Waals surface area (Å²) >= 11 is 3.44. The molecule has 2 rings (SSSR count). The summed E-state index contributed by atoms with van der Waals surface area (Å²) in [6.45, 7) is 3.30. The van der Waals surface area contributed by atoms with Crippen LogP contribution in [0.2, 0.25) is 0 Å². The molecule has 1 N–H and O–H groups in total. The first-order valence-corrected chi connectivity index (χ1v) is 6.24. The molecule has 0 bridgehead atoms.